The fourth-order valence-electron chi connectivity index (χ4n) is 3.39. The van der Waals surface area contributed by atoms with Gasteiger partial charge in [0.1, 0.15) is 12.4 Å². The number of nitrogens with one attached hydrogen (secondary N) is 3. The van der Waals surface area contributed by atoms with Crippen molar-refractivity contribution in [1.29, 1.82) is 0 Å². The van der Waals surface area contributed by atoms with E-state index in [1.807, 2.05) is 0 Å². The Balaban J connectivity index is 1.28. The average molecular weight is 493 g/mol. The summed E-state index contributed by atoms with van der Waals surface area (Å²) in [7, 11) is 0. The number of rotatable bonds is 7. The fraction of sp³-hybridized carbons (Fsp3) is 0.120. The van der Waals surface area contributed by atoms with Gasteiger partial charge in [0.25, 0.3) is 11.5 Å². The minimum Gasteiger partial charge on any atom is -0.489 e. The smallest absolute Gasteiger partial charge is 0.328 e. The molecule has 1 heterocycles. The molecule has 0 saturated heterocycles. The number of fused-ring (bicyclic) bond motifs is 1. The molecule has 0 bridgehead atoms. The van der Waals surface area contributed by atoms with Gasteiger partial charge in [-0.25, -0.2) is 4.79 Å². The molecule has 0 aliphatic heterocycles. The summed E-state index contributed by atoms with van der Waals surface area (Å²) in [5.74, 6) is -0.306. The number of aromatic amines is 1. The summed E-state index contributed by atoms with van der Waals surface area (Å²) < 4.78 is 6.98. The van der Waals surface area contributed by atoms with Crippen LogP contribution in [0.5, 0.6) is 5.75 Å². The van der Waals surface area contributed by atoms with Crippen LogP contribution in [0.4, 0.5) is 0 Å². The van der Waals surface area contributed by atoms with Crippen molar-refractivity contribution in [3.8, 4) is 5.75 Å². The van der Waals surface area contributed by atoms with Crippen LogP contribution in [0.3, 0.4) is 0 Å². The van der Waals surface area contributed by atoms with Crippen LogP contribution in [0, 0.1) is 0 Å². The maximum absolute atomic E-state index is 12.3. The van der Waals surface area contributed by atoms with E-state index < -0.39 is 23.1 Å². The minimum atomic E-state index is -0.606. The molecule has 0 aliphatic carbocycles. The van der Waals surface area contributed by atoms with Crippen molar-refractivity contribution < 1.29 is 14.3 Å². The first kappa shape index (κ1) is 23.8. The van der Waals surface area contributed by atoms with Crippen molar-refractivity contribution >= 4 is 34.3 Å². The summed E-state index contributed by atoms with van der Waals surface area (Å²) >= 11 is 5.85. The highest BCUT2D eigenvalue weighted by molar-refractivity contribution is 6.30. The SMILES string of the molecule is O=C(CCn1c(=O)[nH]c(=O)c2ccccc21)NNC(=O)c1ccc(COc2ccc(Cl)cc2)cc1. The highest BCUT2D eigenvalue weighted by atomic mass is 35.5. The van der Waals surface area contributed by atoms with Crippen LogP contribution in [0.2, 0.25) is 5.02 Å². The first-order valence-corrected chi connectivity index (χ1v) is 11.1. The van der Waals surface area contributed by atoms with Gasteiger partial charge in [-0.05, 0) is 54.1 Å². The number of hydrogen-bond acceptors (Lipinski definition) is 5. The van der Waals surface area contributed by atoms with Crippen molar-refractivity contribution in [1.82, 2.24) is 20.4 Å². The summed E-state index contributed by atoms with van der Waals surface area (Å²) in [5.41, 5.74) is 5.23. The van der Waals surface area contributed by atoms with Crippen molar-refractivity contribution in [2.45, 2.75) is 19.6 Å². The molecule has 3 aromatic carbocycles. The largest absolute Gasteiger partial charge is 0.489 e. The summed E-state index contributed by atoms with van der Waals surface area (Å²) in [4.78, 5) is 50.9. The number of para-hydroxylation sites is 1. The molecule has 1 aromatic heterocycles. The molecule has 3 N–H and O–H groups in total. The number of amides is 2. The van der Waals surface area contributed by atoms with Crippen LogP contribution in [-0.2, 0) is 17.9 Å². The second-order valence-electron chi connectivity index (χ2n) is 7.62. The summed E-state index contributed by atoms with van der Waals surface area (Å²) in [5, 5.41) is 0.974. The number of ether oxygens (including phenoxy) is 1. The molecule has 0 atom stereocenters. The van der Waals surface area contributed by atoms with Gasteiger partial charge in [-0.3, -0.25) is 34.8 Å². The molecule has 0 saturated carbocycles. The minimum absolute atomic E-state index is 0.0279. The number of nitrogens with zero attached hydrogens (tertiary/aromatic N) is 1. The van der Waals surface area contributed by atoms with E-state index in [2.05, 4.69) is 15.8 Å². The topological polar surface area (TPSA) is 122 Å². The van der Waals surface area contributed by atoms with E-state index in [1.165, 1.54) is 4.57 Å². The normalized spacial score (nSPS) is 10.7. The van der Waals surface area contributed by atoms with Crippen LogP contribution < -0.4 is 26.8 Å². The van der Waals surface area contributed by atoms with Crippen LogP contribution in [-0.4, -0.2) is 21.4 Å². The van der Waals surface area contributed by atoms with Gasteiger partial charge in [0.2, 0.25) is 5.91 Å². The quantitative estimate of drug-likeness (QED) is 0.342. The second-order valence-corrected chi connectivity index (χ2v) is 8.06. The van der Waals surface area contributed by atoms with Crippen molar-refractivity contribution in [3.63, 3.8) is 0 Å². The highest BCUT2D eigenvalue weighted by Crippen LogP contribution is 2.17. The molecule has 0 spiro atoms. The van der Waals surface area contributed by atoms with Gasteiger partial charge >= 0.3 is 5.69 Å². The molecule has 2 amide bonds. The van der Waals surface area contributed by atoms with Crippen molar-refractivity contribution in [2.75, 3.05) is 0 Å². The molecule has 0 radical (unpaired) electrons. The Morgan fingerprint density at radius 2 is 1.63 bits per heavy atom. The predicted octanol–water partition coefficient (Wildman–Crippen LogP) is 2.77. The lowest BCUT2D eigenvalue weighted by Gasteiger charge is -2.11. The molecule has 35 heavy (non-hydrogen) atoms. The van der Waals surface area contributed by atoms with E-state index in [0.29, 0.717) is 33.8 Å². The summed E-state index contributed by atoms with van der Waals surface area (Å²) in [6.07, 6.45) is -0.0861. The zero-order valence-corrected chi connectivity index (χ0v) is 19.2. The van der Waals surface area contributed by atoms with E-state index in [0.717, 1.165) is 5.56 Å². The van der Waals surface area contributed by atoms with Crippen molar-refractivity contribution in [2.24, 2.45) is 0 Å². The predicted molar refractivity (Wildman–Crippen MR) is 131 cm³/mol. The Labute approximate surface area is 204 Å². The molecule has 4 aromatic rings. The molecular weight excluding hydrogens is 472 g/mol. The van der Waals surface area contributed by atoms with Crippen molar-refractivity contribution in [3.05, 3.63) is 110 Å². The maximum atomic E-state index is 12.3. The number of aryl methyl sites for hydroxylation is 1. The molecule has 9 nitrogen and oxygen atoms in total. The number of H-pyrrole nitrogens is 1. The number of carbonyl (C=O) groups excluding carboxylic acids is 2. The number of hydrogen-bond donors (Lipinski definition) is 3. The third kappa shape index (κ3) is 5.96. The third-order valence-corrected chi connectivity index (χ3v) is 5.47. The van der Waals surface area contributed by atoms with Crippen LogP contribution >= 0.6 is 11.6 Å². The Morgan fingerprint density at radius 3 is 2.37 bits per heavy atom. The number of benzene rings is 3. The average Bonchev–Trinajstić information content (AvgIpc) is 2.87. The van der Waals surface area contributed by atoms with Gasteiger partial charge in [0.15, 0.2) is 0 Å². The van der Waals surface area contributed by atoms with Gasteiger partial charge < -0.3 is 4.74 Å². The lowest BCUT2D eigenvalue weighted by atomic mass is 10.1. The molecule has 0 aliphatic rings. The summed E-state index contributed by atoms with van der Waals surface area (Å²) in [6.45, 7) is 0.346. The zero-order chi connectivity index (χ0) is 24.8. The lowest BCUT2D eigenvalue weighted by molar-refractivity contribution is -0.122. The van der Waals surface area contributed by atoms with Crippen LogP contribution in [0.25, 0.3) is 10.9 Å². The zero-order valence-electron chi connectivity index (χ0n) is 18.4. The Hall–Kier alpha value is -4.37. The first-order chi connectivity index (χ1) is 16.9. The van der Waals surface area contributed by atoms with Gasteiger partial charge in [-0.1, -0.05) is 35.9 Å². The van der Waals surface area contributed by atoms with E-state index in [1.54, 1.807) is 72.8 Å². The number of hydrazine groups is 1. The van der Waals surface area contributed by atoms with Crippen LogP contribution in [0.1, 0.15) is 22.3 Å². The number of aromatic nitrogens is 2. The van der Waals surface area contributed by atoms with Gasteiger partial charge in [-0.2, -0.15) is 0 Å². The Bertz CT molecular complexity index is 1480. The monoisotopic (exact) mass is 492 g/mol. The fourth-order valence-corrected chi connectivity index (χ4v) is 3.51. The van der Waals surface area contributed by atoms with E-state index in [-0.39, 0.29) is 13.0 Å². The standard InChI is InChI=1S/C25H21ClN4O5/c26-18-9-11-19(12-10-18)35-15-16-5-7-17(8-6-16)23(32)29-28-22(31)13-14-30-21-4-2-1-3-20(21)24(33)27-25(30)34/h1-12H,13-15H2,(H,28,31)(H,29,32)(H,27,33,34). The van der Waals surface area contributed by atoms with Crippen LogP contribution in [0.15, 0.2) is 82.4 Å². The molecule has 0 unspecified atom stereocenters. The van der Waals surface area contributed by atoms with Gasteiger partial charge in [0, 0.05) is 23.6 Å². The Morgan fingerprint density at radius 1 is 0.914 bits per heavy atom. The van der Waals surface area contributed by atoms with E-state index in [9.17, 15) is 19.2 Å². The molecule has 0 fully saturated rings. The molecule has 178 valence electrons. The first-order valence-electron chi connectivity index (χ1n) is 10.7. The van der Waals surface area contributed by atoms with E-state index >= 15 is 0 Å². The summed E-state index contributed by atoms with van der Waals surface area (Å²) in [6, 6.07) is 20.4. The highest BCUT2D eigenvalue weighted by Gasteiger charge is 2.11. The molecule has 10 heteroatoms. The van der Waals surface area contributed by atoms with Gasteiger partial charge in [0.05, 0.1) is 10.9 Å². The maximum Gasteiger partial charge on any atom is 0.328 e. The number of carbonyl (C=O) groups is 2. The molecule has 4 rings (SSSR count). The number of halogens is 1. The second kappa shape index (κ2) is 10.7. The molecular formula is C25H21ClN4O5. The van der Waals surface area contributed by atoms with Gasteiger partial charge in [-0.15, -0.1) is 0 Å². The van der Waals surface area contributed by atoms with E-state index in [4.69, 9.17) is 16.3 Å². The lowest BCUT2D eigenvalue weighted by Crippen LogP contribution is -2.42. The Kier molecular flexibility index (Phi) is 7.27. The third-order valence-electron chi connectivity index (χ3n) is 5.22.